The van der Waals surface area contributed by atoms with Crippen molar-refractivity contribution in [1.82, 2.24) is 4.90 Å². The second-order valence-corrected chi connectivity index (χ2v) is 10.3. The molecule has 1 aromatic heterocycles. The summed E-state index contributed by atoms with van der Waals surface area (Å²) in [6, 6.07) is 13.8. The molecule has 0 bridgehead atoms. The predicted molar refractivity (Wildman–Crippen MR) is 144 cm³/mol. The van der Waals surface area contributed by atoms with Gasteiger partial charge in [0.25, 0.3) is 0 Å². The first-order valence-electron chi connectivity index (χ1n) is 12.6. The highest BCUT2D eigenvalue weighted by atomic mass is 79.9. The van der Waals surface area contributed by atoms with Gasteiger partial charge in [-0.2, -0.15) is 0 Å². The van der Waals surface area contributed by atoms with E-state index in [4.69, 9.17) is 14.9 Å². The van der Waals surface area contributed by atoms with Crippen molar-refractivity contribution in [3.63, 3.8) is 0 Å². The van der Waals surface area contributed by atoms with E-state index in [0.717, 1.165) is 86.2 Å². The number of hydrogen-bond donors (Lipinski definition) is 1. The van der Waals surface area contributed by atoms with Gasteiger partial charge >= 0.3 is 6.03 Å². The number of halogens is 1. The number of ether oxygens (including phenoxy) is 1. The molecule has 0 atom stereocenters. The van der Waals surface area contributed by atoms with Crippen LogP contribution in [-0.4, -0.2) is 56.8 Å². The van der Waals surface area contributed by atoms with Crippen LogP contribution in [0.25, 0.3) is 11.0 Å². The van der Waals surface area contributed by atoms with Crippen molar-refractivity contribution in [3.05, 3.63) is 52.5 Å². The van der Waals surface area contributed by atoms with Gasteiger partial charge in [-0.1, -0.05) is 28.1 Å². The van der Waals surface area contributed by atoms with E-state index in [9.17, 15) is 4.79 Å². The molecule has 35 heavy (non-hydrogen) atoms. The van der Waals surface area contributed by atoms with Gasteiger partial charge in [-0.25, -0.2) is 4.79 Å². The molecule has 2 aliphatic rings. The number of amides is 2. The number of primary amides is 1. The maximum atomic E-state index is 12.1. The minimum Gasteiger partial charge on any atom is -0.491 e. The highest BCUT2D eigenvalue weighted by Gasteiger charge is 2.22. The molecule has 1 saturated heterocycles. The molecule has 0 spiro atoms. The maximum absolute atomic E-state index is 12.1. The number of benzene rings is 2. The molecule has 8 heteroatoms. The number of rotatable bonds is 7. The molecule has 2 aromatic carbocycles. The van der Waals surface area contributed by atoms with E-state index >= 15 is 0 Å². The molecule has 7 nitrogen and oxygen atoms in total. The lowest BCUT2D eigenvalue weighted by molar-refractivity contribution is 0.247. The number of aryl methyl sites for hydroxylation is 1. The molecule has 0 radical (unpaired) electrons. The maximum Gasteiger partial charge on any atom is 0.321 e. The molecule has 3 aromatic rings. The Morgan fingerprint density at radius 3 is 2.74 bits per heavy atom. The van der Waals surface area contributed by atoms with Crippen molar-refractivity contribution < 1.29 is 13.9 Å². The monoisotopic (exact) mass is 540 g/mol. The third-order valence-corrected chi connectivity index (χ3v) is 7.47. The minimum absolute atomic E-state index is 0.485. The second kappa shape index (κ2) is 10.9. The topological polar surface area (TPSA) is 75.2 Å². The molecule has 2 aliphatic heterocycles. The summed E-state index contributed by atoms with van der Waals surface area (Å²) < 4.78 is 13.0. The van der Waals surface area contributed by atoms with Gasteiger partial charge in [0, 0.05) is 48.6 Å². The summed E-state index contributed by atoms with van der Waals surface area (Å²) in [6.45, 7) is 6.44. The van der Waals surface area contributed by atoms with Crippen molar-refractivity contribution in [1.29, 1.82) is 0 Å². The Morgan fingerprint density at radius 2 is 1.91 bits per heavy atom. The first-order valence-corrected chi connectivity index (χ1v) is 13.4. The normalized spacial score (nSPS) is 16.5. The van der Waals surface area contributed by atoms with Gasteiger partial charge in [0.2, 0.25) is 5.88 Å². The molecule has 2 N–H and O–H groups in total. The zero-order chi connectivity index (χ0) is 24.2. The molecular formula is C27H33BrN4O3. The number of carbonyl (C=O) groups excluding carboxylic acids is 1. The summed E-state index contributed by atoms with van der Waals surface area (Å²) in [6.07, 6.45) is 5.30. The number of nitrogens with zero attached hydrogens (tertiary/aromatic N) is 3. The van der Waals surface area contributed by atoms with Gasteiger partial charge in [0.15, 0.2) is 0 Å². The molecule has 3 heterocycles. The second-order valence-electron chi connectivity index (χ2n) is 9.36. The lowest BCUT2D eigenvalue weighted by Crippen LogP contribution is -2.47. The van der Waals surface area contributed by atoms with Gasteiger partial charge in [0.05, 0.1) is 12.3 Å². The van der Waals surface area contributed by atoms with E-state index in [-0.39, 0.29) is 0 Å². The quantitative estimate of drug-likeness (QED) is 0.406. The van der Waals surface area contributed by atoms with Crippen LogP contribution in [0.1, 0.15) is 31.2 Å². The summed E-state index contributed by atoms with van der Waals surface area (Å²) in [5.74, 6) is 1.60. The number of carbonyl (C=O) groups is 1. The Balaban J connectivity index is 1.11. The van der Waals surface area contributed by atoms with Crippen molar-refractivity contribution in [2.75, 3.05) is 55.7 Å². The van der Waals surface area contributed by atoms with Crippen molar-refractivity contribution in [3.8, 4) is 5.75 Å². The molecule has 186 valence electrons. The minimum atomic E-state index is -0.485. The van der Waals surface area contributed by atoms with Gasteiger partial charge in [-0.05, 0) is 68.5 Å². The lowest BCUT2D eigenvalue weighted by Gasteiger charge is -2.37. The van der Waals surface area contributed by atoms with Crippen LogP contribution in [0, 0.1) is 0 Å². The summed E-state index contributed by atoms with van der Waals surface area (Å²) in [7, 11) is 0. The van der Waals surface area contributed by atoms with Crippen molar-refractivity contribution >= 4 is 44.5 Å². The number of nitrogens with two attached hydrogens (primary N) is 1. The number of piperazine rings is 1. The Kier molecular flexibility index (Phi) is 7.48. The fourth-order valence-corrected chi connectivity index (χ4v) is 5.43. The summed E-state index contributed by atoms with van der Waals surface area (Å²) in [5.41, 5.74) is 9.00. The number of hydrogen-bond acceptors (Lipinski definition) is 5. The van der Waals surface area contributed by atoms with Crippen LogP contribution < -0.4 is 20.3 Å². The number of unbranched alkanes of at least 4 members (excludes halogenated alkanes) is 1. The first kappa shape index (κ1) is 24.0. The number of furan rings is 1. The molecule has 0 aliphatic carbocycles. The van der Waals surface area contributed by atoms with Gasteiger partial charge in [0.1, 0.15) is 11.3 Å². The van der Waals surface area contributed by atoms with Crippen LogP contribution in [0.3, 0.4) is 0 Å². The highest BCUT2D eigenvalue weighted by molar-refractivity contribution is 9.10. The Hall–Kier alpha value is -2.71. The first-order chi connectivity index (χ1) is 17.1. The van der Waals surface area contributed by atoms with Crippen LogP contribution in [0.4, 0.5) is 16.4 Å². The fourth-order valence-electron chi connectivity index (χ4n) is 5.06. The molecule has 1 fully saturated rings. The molecule has 0 unspecified atom stereocenters. The van der Waals surface area contributed by atoms with Crippen molar-refractivity contribution in [2.45, 2.75) is 32.1 Å². The fraction of sp³-hybridized carbons (Fsp3) is 0.444. The Morgan fingerprint density at radius 1 is 1.06 bits per heavy atom. The average Bonchev–Trinajstić information content (AvgIpc) is 3.11. The van der Waals surface area contributed by atoms with Crippen LogP contribution >= 0.6 is 15.9 Å². The SMILES string of the molecule is NC(=O)N(CCCCN1CCN(c2cccc3c2OCCCC3)CC1)c1cc2cc(Br)ccc2o1. The van der Waals surface area contributed by atoms with E-state index in [1.54, 1.807) is 0 Å². The standard InChI is InChI=1S/C27H33BrN4O3/c28-22-9-10-24-21(18-22)19-25(35-24)32(27(29)33)12-3-2-11-30-13-15-31(16-14-30)23-8-5-7-20-6-1-4-17-34-26(20)23/h5,7-10,18-19H,1-4,6,11-17H2,(H2,29,33). The zero-order valence-corrected chi connectivity index (χ0v) is 21.6. The lowest BCUT2D eigenvalue weighted by atomic mass is 10.1. The number of fused-ring (bicyclic) bond motifs is 2. The molecule has 0 saturated carbocycles. The summed E-state index contributed by atoms with van der Waals surface area (Å²) in [5, 5.41) is 0.944. The van der Waals surface area contributed by atoms with Crippen LogP contribution in [0.15, 0.2) is 51.4 Å². The smallest absolute Gasteiger partial charge is 0.321 e. The van der Waals surface area contributed by atoms with E-state index in [2.05, 4.69) is 43.9 Å². The van der Waals surface area contributed by atoms with E-state index in [0.29, 0.717) is 12.4 Å². The summed E-state index contributed by atoms with van der Waals surface area (Å²) >= 11 is 3.47. The Labute approximate surface area is 214 Å². The zero-order valence-electron chi connectivity index (χ0n) is 20.0. The predicted octanol–water partition coefficient (Wildman–Crippen LogP) is 5.40. The van der Waals surface area contributed by atoms with Crippen LogP contribution in [0.5, 0.6) is 5.75 Å². The van der Waals surface area contributed by atoms with E-state index in [1.165, 1.54) is 22.6 Å². The third kappa shape index (κ3) is 5.59. The molecular weight excluding hydrogens is 508 g/mol. The number of para-hydroxylation sites is 1. The molecule has 5 rings (SSSR count). The number of urea groups is 1. The largest absolute Gasteiger partial charge is 0.491 e. The van der Waals surface area contributed by atoms with Gasteiger partial charge in [-0.3, -0.25) is 9.80 Å². The van der Waals surface area contributed by atoms with Crippen LogP contribution in [-0.2, 0) is 6.42 Å². The van der Waals surface area contributed by atoms with Gasteiger partial charge in [-0.15, -0.1) is 0 Å². The number of anilines is 2. The third-order valence-electron chi connectivity index (χ3n) is 6.98. The Bertz CT molecular complexity index is 1170. The molecule has 2 amide bonds. The van der Waals surface area contributed by atoms with E-state index < -0.39 is 6.03 Å². The van der Waals surface area contributed by atoms with E-state index in [1.807, 2.05) is 24.3 Å². The van der Waals surface area contributed by atoms with Crippen molar-refractivity contribution in [2.24, 2.45) is 5.73 Å². The van der Waals surface area contributed by atoms with Gasteiger partial charge < -0.3 is 19.8 Å². The highest BCUT2D eigenvalue weighted by Crippen LogP contribution is 2.35. The van der Waals surface area contributed by atoms with Crippen LogP contribution in [0.2, 0.25) is 0 Å². The summed E-state index contributed by atoms with van der Waals surface area (Å²) in [4.78, 5) is 18.6. The average molecular weight is 541 g/mol.